The van der Waals surface area contributed by atoms with Gasteiger partial charge in [-0.1, -0.05) is 50.1 Å². The van der Waals surface area contributed by atoms with Gasteiger partial charge in [0.05, 0.1) is 6.04 Å². The molecule has 0 aliphatic carbocycles. The molecule has 2 aromatic rings. The molecule has 90 valence electrons. The molecule has 0 aliphatic rings. The number of unbranched alkanes of at least 4 members (excludes halogenated alkanes) is 1. The van der Waals surface area contributed by atoms with E-state index in [-0.39, 0.29) is 0 Å². The molecule has 0 amide bonds. The minimum Gasteiger partial charge on any atom is -0.378 e. The van der Waals surface area contributed by atoms with Crippen LogP contribution in [0.4, 0.5) is 5.69 Å². The standard InChI is InChI=1S/C15H19NS/c1-2-3-9-15(13-7-5-4-6-8-13)16-14-10-11-17-12-14/h4-8,10-12,15-16H,2-3,9H2,1H3. The maximum Gasteiger partial charge on any atom is 0.0514 e. The van der Waals surface area contributed by atoms with Crippen LogP contribution < -0.4 is 5.32 Å². The first-order valence-corrected chi connectivity index (χ1v) is 7.18. The zero-order valence-corrected chi connectivity index (χ0v) is 11.0. The van der Waals surface area contributed by atoms with Crippen molar-refractivity contribution >= 4 is 17.0 Å². The summed E-state index contributed by atoms with van der Waals surface area (Å²) in [7, 11) is 0. The van der Waals surface area contributed by atoms with Gasteiger partial charge in [0.2, 0.25) is 0 Å². The maximum absolute atomic E-state index is 3.62. The third-order valence-electron chi connectivity index (χ3n) is 2.91. The van der Waals surface area contributed by atoms with Gasteiger partial charge in [-0.25, -0.2) is 0 Å². The number of hydrogen-bond donors (Lipinski definition) is 1. The lowest BCUT2D eigenvalue weighted by molar-refractivity contribution is 0.635. The van der Waals surface area contributed by atoms with Crippen molar-refractivity contribution in [2.75, 3.05) is 5.32 Å². The zero-order valence-electron chi connectivity index (χ0n) is 10.2. The Morgan fingerprint density at radius 3 is 2.65 bits per heavy atom. The van der Waals surface area contributed by atoms with Gasteiger partial charge in [0, 0.05) is 11.1 Å². The summed E-state index contributed by atoms with van der Waals surface area (Å²) in [6.45, 7) is 2.24. The van der Waals surface area contributed by atoms with Crippen molar-refractivity contribution < 1.29 is 0 Å². The Kier molecular flexibility index (Phi) is 4.63. The van der Waals surface area contributed by atoms with E-state index >= 15 is 0 Å². The highest BCUT2D eigenvalue weighted by Crippen LogP contribution is 2.25. The molecule has 1 atom stereocenters. The molecule has 1 N–H and O–H groups in total. The monoisotopic (exact) mass is 245 g/mol. The average molecular weight is 245 g/mol. The molecule has 1 nitrogen and oxygen atoms in total. The molecule has 1 aromatic carbocycles. The van der Waals surface area contributed by atoms with E-state index in [9.17, 15) is 0 Å². The molecular formula is C15H19NS. The number of thiophene rings is 1. The molecule has 0 fully saturated rings. The molecule has 0 radical (unpaired) electrons. The van der Waals surface area contributed by atoms with E-state index in [1.54, 1.807) is 11.3 Å². The highest BCUT2D eigenvalue weighted by atomic mass is 32.1. The first-order valence-electron chi connectivity index (χ1n) is 6.24. The minimum atomic E-state index is 0.436. The fraction of sp³-hybridized carbons (Fsp3) is 0.333. The molecule has 0 spiro atoms. The number of benzene rings is 1. The molecule has 2 rings (SSSR count). The molecule has 0 bridgehead atoms. The Labute approximate surface area is 108 Å². The second kappa shape index (κ2) is 6.45. The van der Waals surface area contributed by atoms with E-state index < -0.39 is 0 Å². The van der Waals surface area contributed by atoms with Crippen LogP contribution in [0.15, 0.2) is 47.2 Å². The van der Waals surface area contributed by atoms with Gasteiger partial charge in [-0.15, -0.1) is 0 Å². The minimum absolute atomic E-state index is 0.436. The van der Waals surface area contributed by atoms with Crippen molar-refractivity contribution in [2.24, 2.45) is 0 Å². The summed E-state index contributed by atoms with van der Waals surface area (Å²) in [6.07, 6.45) is 3.70. The molecule has 2 heteroatoms. The topological polar surface area (TPSA) is 12.0 Å². The summed E-state index contributed by atoms with van der Waals surface area (Å²) in [5.41, 5.74) is 2.62. The Balaban J connectivity index is 2.08. The summed E-state index contributed by atoms with van der Waals surface area (Å²) in [5, 5.41) is 7.90. The highest BCUT2D eigenvalue weighted by molar-refractivity contribution is 7.08. The molecule has 17 heavy (non-hydrogen) atoms. The van der Waals surface area contributed by atoms with E-state index in [2.05, 4.69) is 59.4 Å². The van der Waals surface area contributed by atoms with Gasteiger partial charge in [0.25, 0.3) is 0 Å². The van der Waals surface area contributed by atoms with Crippen LogP contribution in [0.3, 0.4) is 0 Å². The van der Waals surface area contributed by atoms with E-state index in [0.717, 1.165) is 0 Å². The Hall–Kier alpha value is -1.28. The van der Waals surface area contributed by atoms with Crippen molar-refractivity contribution in [1.29, 1.82) is 0 Å². The Morgan fingerprint density at radius 2 is 2.00 bits per heavy atom. The number of anilines is 1. The van der Waals surface area contributed by atoms with Gasteiger partial charge in [0.15, 0.2) is 0 Å². The lowest BCUT2D eigenvalue weighted by Gasteiger charge is -2.19. The number of rotatable bonds is 6. The van der Waals surface area contributed by atoms with E-state index in [0.29, 0.717) is 6.04 Å². The van der Waals surface area contributed by atoms with Gasteiger partial charge in [-0.2, -0.15) is 11.3 Å². The van der Waals surface area contributed by atoms with Crippen LogP contribution >= 0.6 is 11.3 Å². The summed E-state index contributed by atoms with van der Waals surface area (Å²) in [4.78, 5) is 0. The van der Waals surface area contributed by atoms with Gasteiger partial charge >= 0.3 is 0 Å². The summed E-state index contributed by atoms with van der Waals surface area (Å²) in [5.74, 6) is 0. The normalized spacial score (nSPS) is 12.3. The maximum atomic E-state index is 3.62. The van der Waals surface area contributed by atoms with Crippen LogP contribution in [-0.2, 0) is 0 Å². The first kappa shape index (κ1) is 12.2. The molecule has 1 heterocycles. The summed E-state index contributed by atoms with van der Waals surface area (Å²) in [6, 6.07) is 13.3. The molecule has 0 saturated carbocycles. The highest BCUT2D eigenvalue weighted by Gasteiger charge is 2.10. The van der Waals surface area contributed by atoms with E-state index in [1.165, 1.54) is 30.5 Å². The molecule has 1 aromatic heterocycles. The van der Waals surface area contributed by atoms with Crippen molar-refractivity contribution in [3.05, 3.63) is 52.7 Å². The van der Waals surface area contributed by atoms with Crippen LogP contribution in [0.1, 0.15) is 37.8 Å². The number of nitrogens with one attached hydrogen (secondary N) is 1. The third-order valence-corrected chi connectivity index (χ3v) is 3.59. The average Bonchev–Trinajstić information content (AvgIpc) is 2.88. The quantitative estimate of drug-likeness (QED) is 0.747. The SMILES string of the molecule is CCCCC(Nc1ccsc1)c1ccccc1. The molecular weight excluding hydrogens is 226 g/mol. The molecule has 0 aliphatic heterocycles. The second-order valence-corrected chi connectivity index (χ2v) is 5.04. The largest absolute Gasteiger partial charge is 0.378 e. The van der Waals surface area contributed by atoms with Gasteiger partial charge in [0.1, 0.15) is 0 Å². The second-order valence-electron chi connectivity index (χ2n) is 4.26. The molecule has 1 unspecified atom stereocenters. The van der Waals surface area contributed by atoms with Crippen LogP contribution in [0.2, 0.25) is 0 Å². The predicted octanol–water partition coefficient (Wildman–Crippen LogP) is 5.09. The number of hydrogen-bond acceptors (Lipinski definition) is 2. The van der Waals surface area contributed by atoms with Crippen molar-refractivity contribution in [3.63, 3.8) is 0 Å². The summed E-state index contributed by atoms with van der Waals surface area (Å²) >= 11 is 1.74. The molecule has 0 saturated heterocycles. The fourth-order valence-electron chi connectivity index (χ4n) is 1.96. The fourth-order valence-corrected chi connectivity index (χ4v) is 2.56. The smallest absolute Gasteiger partial charge is 0.0514 e. The third kappa shape index (κ3) is 3.60. The van der Waals surface area contributed by atoms with Gasteiger partial charge in [-0.3, -0.25) is 0 Å². The van der Waals surface area contributed by atoms with E-state index in [1.807, 2.05) is 0 Å². The van der Waals surface area contributed by atoms with Crippen molar-refractivity contribution in [2.45, 2.75) is 32.2 Å². The van der Waals surface area contributed by atoms with Crippen LogP contribution in [0.25, 0.3) is 0 Å². The van der Waals surface area contributed by atoms with Crippen LogP contribution in [0.5, 0.6) is 0 Å². The van der Waals surface area contributed by atoms with Gasteiger partial charge < -0.3 is 5.32 Å². The Morgan fingerprint density at radius 1 is 1.18 bits per heavy atom. The van der Waals surface area contributed by atoms with E-state index in [4.69, 9.17) is 0 Å². The van der Waals surface area contributed by atoms with Crippen molar-refractivity contribution in [1.82, 2.24) is 0 Å². The Bertz CT molecular complexity index is 408. The lowest BCUT2D eigenvalue weighted by Crippen LogP contribution is -2.10. The first-order chi connectivity index (χ1) is 8.40. The van der Waals surface area contributed by atoms with Gasteiger partial charge in [-0.05, 0) is 23.4 Å². The zero-order chi connectivity index (χ0) is 11.9. The van der Waals surface area contributed by atoms with Crippen molar-refractivity contribution in [3.8, 4) is 0 Å². The van der Waals surface area contributed by atoms with Crippen LogP contribution in [0, 0.1) is 0 Å². The lowest BCUT2D eigenvalue weighted by atomic mass is 10.0. The summed E-state index contributed by atoms with van der Waals surface area (Å²) < 4.78 is 0. The van der Waals surface area contributed by atoms with Crippen LogP contribution in [-0.4, -0.2) is 0 Å². The predicted molar refractivity (Wildman–Crippen MR) is 76.6 cm³/mol.